The zero-order chi connectivity index (χ0) is 34.0. The van der Waals surface area contributed by atoms with Gasteiger partial charge in [-0.25, -0.2) is 17.2 Å². The molecule has 2 N–H and O–H groups in total. The van der Waals surface area contributed by atoms with Gasteiger partial charge in [0.1, 0.15) is 10.6 Å². The molecule has 0 bridgehead atoms. The van der Waals surface area contributed by atoms with Crippen LogP contribution in [0.2, 0.25) is 0 Å². The van der Waals surface area contributed by atoms with E-state index >= 15 is 4.39 Å². The molecule has 0 spiro atoms. The Balaban J connectivity index is 1.57. The van der Waals surface area contributed by atoms with Crippen LogP contribution < -0.4 is 5.32 Å². The highest BCUT2D eigenvalue weighted by Crippen LogP contribution is 2.59. The third kappa shape index (κ3) is 5.26. The normalized spacial score (nSPS) is 28.7. The highest BCUT2D eigenvalue weighted by molar-refractivity contribution is 7.92. The van der Waals surface area contributed by atoms with Crippen molar-refractivity contribution < 1.29 is 58.2 Å². The topological polar surface area (TPSA) is 101 Å². The van der Waals surface area contributed by atoms with E-state index < -0.39 is 79.7 Å². The summed E-state index contributed by atoms with van der Waals surface area (Å²) in [5.41, 5.74) is -7.75. The Kier molecular flexibility index (Phi) is 8.51. The van der Waals surface area contributed by atoms with E-state index in [0.29, 0.717) is 12.1 Å². The predicted octanol–water partition coefficient (Wildman–Crippen LogP) is 6.76. The number of aryl methyl sites for hydroxylation is 1. The van der Waals surface area contributed by atoms with Crippen LogP contribution in [0.1, 0.15) is 62.1 Å². The largest absolute Gasteiger partial charge is 0.481 e. The van der Waals surface area contributed by atoms with Crippen LogP contribution in [0.15, 0.2) is 47.4 Å². The second-order valence-corrected chi connectivity index (χ2v) is 14.8. The van der Waals surface area contributed by atoms with Crippen molar-refractivity contribution in [2.24, 2.45) is 23.7 Å². The highest BCUT2D eigenvalue weighted by atomic mass is 32.2. The maximum absolute atomic E-state index is 15.0. The number of rotatable bonds is 6. The van der Waals surface area contributed by atoms with Crippen molar-refractivity contribution >= 4 is 21.7 Å². The van der Waals surface area contributed by atoms with Gasteiger partial charge in [-0.2, -0.15) is 26.3 Å². The first kappa shape index (κ1) is 34.1. The molecular weight excluding hydrogens is 650 g/mol. The molecular formula is C31H31F8NO5S. The molecule has 252 valence electrons. The number of hydrogen-bond acceptors (Lipinski definition) is 4. The fraction of sp³-hybridized carbons (Fsp3) is 0.548. The first-order chi connectivity index (χ1) is 21.3. The van der Waals surface area contributed by atoms with Crippen LogP contribution in [-0.2, 0) is 36.3 Å². The number of hydrogen-bond donors (Lipinski definition) is 2. The molecule has 3 aliphatic rings. The lowest BCUT2D eigenvalue weighted by atomic mass is 9.73. The molecule has 46 heavy (non-hydrogen) atoms. The molecule has 0 unspecified atom stereocenters. The van der Waals surface area contributed by atoms with Gasteiger partial charge in [-0.1, -0.05) is 25.1 Å². The van der Waals surface area contributed by atoms with E-state index in [1.165, 1.54) is 0 Å². The highest BCUT2D eigenvalue weighted by Gasteiger charge is 2.74. The maximum atomic E-state index is 15.0. The Morgan fingerprint density at radius 1 is 0.913 bits per heavy atom. The van der Waals surface area contributed by atoms with Gasteiger partial charge >= 0.3 is 24.0 Å². The number of alkyl halides is 7. The number of carbonyl (C=O) groups is 2. The number of carboxylic acid groups (broad SMARTS) is 1. The number of amides is 1. The van der Waals surface area contributed by atoms with Gasteiger partial charge in [-0.3, -0.25) is 9.59 Å². The van der Waals surface area contributed by atoms with Crippen molar-refractivity contribution in [2.45, 2.75) is 85.6 Å². The third-order valence-electron chi connectivity index (χ3n) is 10.2. The summed E-state index contributed by atoms with van der Waals surface area (Å²) in [5, 5.41) is 12.3. The molecule has 2 aromatic rings. The first-order valence-electron chi connectivity index (χ1n) is 14.8. The Morgan fingerprint density at radius 2 is 1.54 bits per heavy atom. The van der Waals surface area contributed by atoms with Crippen LogP contribution in [-0.4, -0.2) is 43.8 Å². The predicted molar refractivity (Wildman–Crippen MR) is 147 cm³/mol. The Labute approximate surface area is 259 Å². The van der Waals surface area contributed by atoms with Crippen molar-refractivity contribution in [2.75, 3.05) is 0 Å². The number of carbonyl (C=O) groups excluding carboxylic acids is 1. The fourth-order valence-electron chi connectivity index (χ4n) is 7.85. The van der Waals surface area contributed by atoms with Crippen LogP contribution in [0.4, 0.5) is 35.1 Å². The molecule has 2 fully saturated rings. The van der Waals surface area contributed by atoms with E-state index in [0.717, 1.165) is 30.3 Å². The summed E-state index contributed by atoms with van der Waals surface area (Å²) < 4.78 is 137. The molecule has 15 heteroatoms. The standard InChI is InChI=1S/C31H31F8NO5S/c1-16-14-18(27(42)43)2-9-22(16)26(41)40-25-12-13-28(46(44,45)21-7-5-20(32)6-8-21)23-11-4-19(15-17(23)3-10-24(25)28)29(33,30(34,35)36)31(37,38)39/h4-8,11,15-16,18,22,24-25H,2-3,9-10,12-14H2,1H3,(H,40,41)(H,42,43)/t16-,18+,22+,24-,25+,28+/m0/s1. The molecule has 6 nitrogen and oxygen atoms in total. The molecule has 0 aromatic heterocycles. The van der Waals surface area contributed by atoms with E-state index in [1.807, 2.05) is 0 Å². The third-order valence-corrected chi connectivity index (χ3v) is 12.7. The zero-order valence-electron chi connectivity index (χ0n) is 24.4. The summed E-state index contributed by atoms with van der Waals surface area (Å²) in [4.78, 5) is 24.6. The molecule has 6 atom stereocenters. The monoisotopic (exact) mass is 681 g/mol. The number of fused-ring (bicyclic) bond motifs is 3. The SMILES string of the molecule is C[C@H]1C[C@H](C(=O)O)CC[C@H]1C(=O)N[C@@H]1CC[C@@]2(S(=O)(=O)c3ccc(F)cc3)c3ccc(C(F)(C(F)(F)F)C(F)(F)F)cc3CC[C@@H]12. The maximum Gasteiger partial charge on any atom is 0.435 e. The molecule has 0 heterocycles. The minimum Gasteiger partial charge on any atom is -0.481 e. The van der Waals surface area contributed by atoms with Gasteiger partial charge in [0.2, 0.25) is 5.91 Å². The van der Waals surface area contributed by atoms with Crippen molar-refractivity contribution in [3.05, 3.63) is 65.0 Å². The van der Waals surface area contributed by atoms with Gasteiger partial charge in [0.05, 0.1) is 10.8 Å². The molecule has 2 saturated carbocycles. The molecule has 2 aromatic carbocycles. The van der Waals surface area contributed by atoms with Crippen molar-refractivity contribution in [1.82, 2.24) is 5.32 Å². The van der Waals surface area contributed by atoms with Crippen LogP contribution in [0.5, 0.6) is 0 Å². The number of nitrogens with one attached hydrogen (secondary N) is 1. The van der Waals surface area contributed by atoms with Gasteiger partial charge in [-0.05, 0) is 86.3 Å². The lowest BCUT2D eigenvalue weighted by Gasteiger charge is -2.43. The van der Waals surface area contributed by atoms with E-state index in [-0.39, 0.29) is 66.9 Å². The molecule has 1 amide bonds. The lowest BCUT2D eigenvalue weighted by molar-refractivity contribution is -0.348. The number of aliphatic carboxylic acids is 1. The van der Waals surface area contributed by atoms with E-state index in [9.17, 15) is 53.8 Å². The van der Waals surface area contributed by atoms with Gasteiger partial charge < -0.3 is 10.4 Å². The average molecular weight is 682 g/mol. The Bertz CT molecular complexity index is 1610. The minimum atomic E-state index is -6.36. The zero-order valence-corrected chi connectivity index (χ0v) is 25.2. The number of benzene rings is 2. The summed E-state index contributed by atoms with van der Waals surface area (Å²) >= 11 is 0. The minimum absolute atomic E-state index is 0.0784. The van der Waals surface area contributed by atoms with Crippen molar-refractivity contribution in [3.8, 4) is 0 Å². The van der Waals surface area contributed by atoms with E-state index in [4.69, 9.17) is 0 Å². The molecule has 0 radical (unpaired) electrons. The van der Waals surface area contributed by atoms with Gasteiger partial charge in [-0.15, -0.1) is 0 Å². The lowest BCUT2D eigenvalue weighted by Crippen LogP contribution is -2.52. The summed E-state index contributed by atoms with van der Waals surface area (Å²) in [6.07, 6.45) is -12.3. The Morgan fingerprint density at radius 3 is 2.11 bits per heavy atom. The molecule has 0 saturated heterocycles. The Hall–Kier alpha value is -3.23. The number of carboxylic acids is 1. The second kappa shape index (κ2) is 11.5. The van der Waals surface area contributed by atoms with Gasteiger partial charge in [0, 0.05) is 23.4 Å². The van der Waals surface area contributed by atoms with Crippen LogP contribution in [0, 0.1) is 29.5 Å². The summed E-state index contributed by atoms with van der Waals surface area (Å²) in [7, 11) is -4.54. The van der Waals surface area contributed by atoms with Crippen molar-refractivity contribution in [1.29, 1.82) is 0 Å². The van der Waals surface area contributed by atoms with E-state index in [2.05, 4.69) is 5.32 Å². The van der Waals surface area contributed by atoms with Gasteiger partial charge in [0.25, 0.3) is 0 Å². The van der Waals surface area contributed by atoms with Crippen LogP contribution in [0.25, 0.3) is 0 Å². The quantitative estimate of drug-likeness (QED) is 0.259. The van der Waals surface area contributed by atoms with Gasteiger partial charge in [0.15, 0.2) is 9.84 Å². The number of sulfone groups is 1. The molecule has 5 rings (SSSR count). The first-order valence-corrected chi connectivity index (χ1v) is 16.2. The van der Waals surface area contributed by atoms with Crippen LogP contribution >= 0.6 is 0 Å². The van der Waals surface area contributed by atoms with Crippen LogP contribution in [0.3, 0.4) is 0 Å². The smallest absolute Gasteiger partial charge is 0.435 e. The average Bonchev–Trinajstić information content (AvgIpc) is 3.35. The fourth-order valence-corrected chi connectivity index (χ4v) is 10.3. The van der Waals surface area contributed by atoms with Crippen molar-refractivity contribution in [3.63, 3.8) is 0 Å². The summed E-state index contributed by atoms with van der Waals surface area (Å²) in [6, 6.07) is 4.56. The second-order valence-electron chi connectivity index (χ2n) is 12.6. The van der Waals surface area contributed by atoms with E-state index in [1.54, 1.807) is 6.92 Å². The molecule has 0 aliphatic heterocycles. The molecule has 3 aliphatic carbocycles. The summed E-state index contributed by atoms with van der Waals surface area (Å²) in [5.74, 6) is -4.46. The number of halogens is 8. The summed E-state index contributed by atoms with van der Waals surface area (Å²) in [6.45, 7) is 1.75.